The third-order valence-electron chi connectivity index (χ3n) is 4.93. The van der Waals surface area contributed by atoms with Gasteiger partial charge in [-0.25, -0.2) is 12.8 Å². The van der Waals surface area contributed by atoms with E-state index in [2.05, 4.69) is 15.2 Å². The van der Waals surface area contributed by atoms with Gasteiger partial charge in [0.2, 0.25) is 0 Å². The summed E-state index contributed by atoms with van der Waals surface area (Å²) in [6.45, 7) is 3.48. The zero-order chi connectivity index (χ0) is 23.6. The summed E-state index contributed by atoms with van der Waals surface area (Å²) in [5.74, 6) is -0.543. The van der Waals surface area contributed by atoms with E-state index in [4.69, 9.17) is 4.52 Å². The maximum atomic E-state index is 13.2. The second kappa shape index (κ2) is 8.87. The summed E-state index contributed by atoms with van der Waals surface area (Å²) in [6.07, 6.45) is 0. The van der Waals surface area contributed by atoms with Crippen LogP contribution < -0.4 is 10.0 Å². The van der Waals surface area contributed by atoms with Crippen molar-refractivity contribution in [1.82, 2.24) is 5.16 Å². The van der Waals surface area contributed by atoms with Gasteiger partial charge in [-0.1, -0.05) is 22.9 Å². The summed E-state index contributed by atoms with van der Waals surface area (Å²) in [4.78, 5) is 13.0. The first-order chi connectivity index (χ1) is 15.7. The number of anilines is 2. The van der Waals surface area contributed by atoms with Gasteiger partial charge in [0, 0.05) is 16.9 Å². The molecule has 0 aliphatic heterocycles. The third-order valence-corrected chi connectivity index (χ3v) is 6.33. The molecule has 0 aliphatic rings. The summed E-state index contributed by atoms with van der Waals surface area (Å²) in [7, 11) is -3.73. The molecule has 1 amide bonds. The molecule has 33 heavy (non-hydrogen) atoms. The number of aromatic nitrogens is 1. The molecule has 0 spiro atoms. The number of amides is 1. The first-order valence-corrected chi connectivity index (χ1v) is 11.4. The minimum Gasteiger partial charge on any atom is -0.360 e. The molecule has 168 valence electrons. The van der Waals surface area contributed by atoms with E-state index in [-0.39, 0.29) is 10.5 Å². The van der Waals surface area contributed by atoms with Crippen LogP contribution in [0, 0.1) is 19.7 Å². The number of aryl methyl sites for hydroxylation is 2. The molecular weight excluding hydrogens is 445 g/mol. The van der Waals surface area contributed by atoms with Gasteiger partial charge in [0.05, 0.1) is 4.90 Å². The lowest BCUT2D eigenvalue weighted by Gasteiger charge is -2.10. The normalized spacial score (nSPS) is 11.2. The Bertz CT molecular complexity index is 1400. The molecule has 0 atom stereocenters. The van der Waals surface area contributed by atoms with E-state index in [0.717, 1.165) is 5.56 Å². The number of benzene rings is 3. The molecule has 1 aromatic heterocycles. The predicted molar refractivity (Wildman–Crippen MR) is 123 cm³/mol. The number of nitrogens with zero attached hydrogens (tertiary/aromatic N) is 1. The maximum Gasteiger partial charge on any atom is 0.261 e. The van der Waals surface area contributed by atoms with E-state index < -0.39 is 21.7 Å². The molecular formula is C24H20FN3O4S. The average molecular weight is 466 g/mol. The van der Waals surface area contributed by atoms with E-state index >= 15 is 0 Å². The van der Waals surface area contributed by atoms with Gasteiger partial charge in [0.15, 0.2) is 0 Å². The number of hydrogen-bond acceptors (Lipinski definition) is 5. The minimum atomic E-state index is -3.73. The van der Waals surface area contributed by atoms with E-state index in [1.807, 2.05) is 6.92 Å². The highest BCUT2D eigenvalue weighted by Crippen LogP contribution is 2.27. The van der Waals surface area contributed by atoms with Crippen LogP contribution in [0.3, 0.4) is 0 Å². The highest BCUT2D eigenvalue weighted by atomic mass is 32.2. The topological polar surface area (TPSA) is 101 Å². The lowest BCUT2D eigenvalue weighted by Crippen LogP contribution is -2.14. The molecule has 4 aromatic rings. The summed E-state index contributed by atoms with van der Waals surface area (Å²) in [6, 6.07) is 18.3. The van der Waals surface area contributed by atoms with Crippen LogP contribution in [-0.2, 0) is 10.0 Å². The van der Waals surface area contributed by atoms with Crippen LogP contribution in [0.1, 0.15) is 21.7 Å². The van der Waals surface area contributed by atoms with Gasteiger partial charge >= 0.3 is 0 Å². The van der Waals surface area contributed by atoms with Gasteiger partial charge in [-0.05, 0) is 74.5 Å². The van der Waals surface area contributed by atoms with Gasteiger partial charge in [-0.2, -0.15) is 0 Å². The Morgan fingerprint density at radius 1 is 0.879 bits per heavy atom. The monoisotopic (exact) mass is 465 g/mol. The smallest absolute Gasteiger partial charge is 0.261 e. The van der Waals surface area contributed by atoms with Crippen LogP contribution in [0.15, 0.2) is 82.2 Å². The summed E-state index contributed by atoms with van der Waals surface area (Å²) < 4.78 is 46.0. The quantitative estimate of drug-likeness (QED) is 0.410. The zero-order valence-electron chi connectivity index (χ0n) is 17.8. The molecule has 7 nitrogen and oxygen atoms in total. The van der Waals surface area contributed by atoms with Crippen molar-refractivity contribution >= 4 is 27.3 Å². The van der Waals surface area contributed by atoms with E-state index in [0.29, 0.717) is 28.4 Å². The fourth-order valence-corrected chi connectivity index (χ4v) is 4.25. The molecule has 1 heterocycles. The van der Waals surface area contributed by atoms with Crippen LogP contribution in [0.2, 0.25) is 0 Å². The lowest BCUT2D eigenvalue weighted by atomic mass is 10.1. The van der Waals surface area contributed by atoms with Gasteiger partial charge in [0.25, 0.3) is 15.9 Å². The van der Waals surface area contributed by atoms with Crippen molar-refractivity contribution in [3.8, 4) is 11.3 Å². The van der Waals surface area contributed by atoms with Crippen LogP contribution in [0.25, 0.3) is 11.3 Å². The summed E-state index contributed by atoms with van der Waals surface area (Å²) in [5.41, 5.74) is 2.82. The Hall–Kier alpha value is -3.98. The maximum absolute atomic E-state index is 13.2. The SMILES string of the molecule is Cc1ccc(S(=O)(=O)Nc2ccc(NC(=O)c3c(-c4ccc(F)cc4)noc3C)cc2)cc1. The minimum absolute atomic E-state index is 0.154. The van der Waals surface area contributed by atoms with Crippen LogP contribution in [0.5, 0.6) is 0 Å². The fourth-order valence-electron chi connectivity index (χ4n) is 3.19. The van der Waals surface area contributed by atoms with Crippen LogP contribution >= 0.6 is 0 Å². The Morgan fingerprint density at radius 2 is 1.48 bits per heavy atom. The second-order valence-corrected chi connectivity index (χ2v) is 9.10. The molecule has 0 radical (unpaired) electrons. The van der Waals surface area contributed by atoms with Crippen LogP contribution in [-0.4, -0.2) is 19.5 Å². The summed E-state index contributed by atoms with van der Waals surface area (Å²) in [5, 5.41) is 6.68. The lowest BCUT2D eigenvalue weighted by molar-refractivity contribution is 0.102. The second-order valence-electron chi connectivity index (χ2n) is 7.42. The molecule has 2 N–H and O–H groups in total. The zero-order valence-corrected chi connectivity index (χ0v) is 18.6. The van der Waals surface area contributed by atoms with E-state index in [1.165, 1.54) is 36.4 Å². The molecule has 0 saturated heterocycles. The largest absolute Gasteiger partial charge is 0.360 e. The van der Waals surface area contributed by atoms with Gasteiger partial charge < -0.3 is 9.84 Å². The number of halogens is 1. The average Bonchev–Trinajstić information content (AvgIpc) is 3.17. The van der Waals surface area contributed by atoms with Crippen molar-refractivity contribution in [2.45, 2.75) is 18.7 Å². The first-order valence-electron chi connectivity index (χ1n) is 9.96. The van der Waals surface area contributed by atoms with Gasteiger partial charge in [-0.3, -0.25) is 9.52 Å². The van der Waals surface area contributed by atoms with Crippen molar-refractivity contribution in [3.63, 3.8) is 0 Å². The number of nitrogens with one attached hydrogen (secondary N) is 2. The standard InChI is InChI=1S/C24H20FN3O4S/c1-15-3-13-21(14-4-15)33(30,31)28-20-11-9-19(10-12-20)26-24(29)22-16(2)32-27-23(22)17-5-7-18(25)8-6-17/h3-14,28H,1-2H3,(H,26,29). The van der Waals surface area contributed by atoms with Crippen molar-refractivity contribution in [2.75, 3.05) is 10.0 Å². The summed E-state index contributed by atoms with van der Waals surface area (Å²) >= 11 is 0. The third kappa shape index (κ3) is 4.93. The van der Waals surface area contributed by atoms with Crippen molar-refractivity contribution < 1.29 is 22.1 Å². The molecule has 0 aliphatic carbocycles. The molecule has 4 rings (SSSR count). The van der Waals surface area contributed by atoms with Crippen molar-refractivity contribution in [1.29, 1.82) is 0 Å². The Morgan fingerprint density at radius 3 is 2.12 bits per heavy atom. The molecule has 0 fully saturated rings. The Kier molecular flexibility index (Phi) is 5.97. The number of hydrogen-bond donors (Lipinski definition) is 2. The van der Waals surface area contributed by atoms with Crippen molar-refractivity contribution in [2.24, 2.45) is 0 Å². The molecule has 9 heteroatoms. The number of carbonyl (C=O) groups is 1. The number of carbonyl (C=O) groups excluding carboxylic acids is 1. The number of sulfonamides is 1. The highest BCUT2D eigenvalue weighted by Gasteiger charge is 2.22. The predicted octanol–water partition coefficient (Wildman–Crippen LogP) is 5.15. The van der Waals surface area contributed by atoms with Crippen LogP contribution in [0.4, 0.5) is 15.8 Å². The van der Waals surface area contributed by atoms with Gasteiger partial charge in [0.1, 0.15) is 22.8 Å². The van der Waals surface area contributed by atoms with Gasteiger partial charge in [-0.15, -0.1) is 0 Å². The Labute approximate surface area is 190 Å². The first kappa shape index (κ1) is 22.2. The molecule has 3 aromatic carbocycles. The van der Waals surface area contributed by atoms with Crippen molar-refractivity contribution in [3.05, 3.63) is 95.5 Å². The molecule has 0 unspecified atom stereocenters. The van der Waals surface area contributed by atoms with E-state index in [1.54, 1.807) is 43.3 Å². The van der Waals surface area contributed by atoms with E-state index in [9.17, 15) is 17.6 Å². The Balaban J connectivity index is 1.50. The number of rotatable bonds is 6. The molecule has 0 bridgehead atoms. The highest BCUT2D eigenvalue weighted by molar-refractivity contribution is 7.92. The fraction of sp³-hybridized carbons (Fsp3) is 0.0833. The molecule has 0 saturated carbocycles.